The number of rotatable bonds is 4. The SMILES string of the molecule is NC(=O)c1ccc(CSc2ncc3ccccn23)cc1. The first kappa shape index (κ1) is 12.7. The zero-order valence-corrected chi connectivity index (χ0v) is 11.5. The van der Waals surface area contributed by atoms with Crippen molar-refractivity contribution >= 4 is 23.2 Å². The Morgan fingerprint density at radius 3 is 2.75 bits per heavy atom. The molecule has 4 nitrogen and oxygen atoms in total. The van der Waals surface area contributed by atoms with Crippen LogP contribution in [0.25, 0.3) is 5.52 Å². The van der Waals surface area contributed by atoms with E-state index in [1.807, 2.05) is 42.7 Å². The van der Waals surface area contributed by atoms with Crippen LogP contribution in [0.15, 0.2) is 60.0 Å². The summed E-state index contributed by atoms with van der Waals surface area (Å²) in [5, 5.41) is 0.958. The Bertz CT molecular complexity index is 749. The average Bonchev–Trinajstić information content (AvgIpc) is 2.89. The van der Waals surface area contributed by atoms with Crippen molar-refractivity contribution in [3.05, 3.63) is 66.0 Å². The number of pyridine rings is 1. The molecule has 2 N–H and O–H groups in total. The van der Waals surface area contributed by atoms with Crippen molar-refractivity contribution in [3.63, 3.8) is 0 Å². The molecule has 0 saturated carbocycles. The molecule has 100 valence electrons. The van der Waals surface area contributed by atoms with Gasteiger partial charge in [0.25, 0.3) is 0 Å². The van der Waals surface area contributed by atoms with Gasteiger partial charge in [-0.15, -0.1) is 0 Å². The summed E-state index contributed by atoms with van der Waals surface area (Å²) in [6, 6.07) is 13.3. The lowest BCUT2D eigenvalue weighted by Crippen LogP contribution is -2.10. The van der Waals surface area contributed by atoms with Gasteiger partial charge < -0.3 is 5.73 Å². The summed E-state index contributed by atoms with van der Waals surface area (Å²) in [5.74, 6) is 0.399. The Kier molecular flexibility index (Phi) is 3.43. The van der Waals surface area contributed by atoms with E-state index in [1.54, 1.807) is 23.9 Å². The minimum absolute atomic E-state index is 0.400. The topological polar surface area (TPSA) is 60.4 Å². The lowest BCUT2D eigenvalue weighted by atomic mass is 10.1. The highest BCUT2D eigenvalue weighted by Gasteiger charge is 2.05. The van der Waals surface area contributed by atoms with Gasteiger partial charge in [0, 0.05) is 17.5 Å². The molecular formula is C15H13N3OS. The molecule has 0 spiro atoms. The van der Waals surface area contributed by atoms with Crippen molar-refractivity contribution in [1.82, 2.24) is 9.38 Å². The van der Waals surface area contributed by atoms with Crippen molar-refractivity contribution in [2.75, 3.05) is 0 Å². The van der Waals surface area contributed by atoms with E-state index in [1.165, 1.54) is 0 Å². The van der Waals surface area contributed by atoms with E-state index in [2.05, 4.69) is 9.38 Å². The Morgan fingerprint density at radius 2 is 2.00 bits per heavy atom. The number of thioether (sulfide) groups is 1. The molecule has 20 heavy (non-hydrogen) atoms. The smallest absolute Gasteiger partial charge is 0.248 e. The molecule has 0 aliphatic rings. The van der Waals surface area contributed by atoms with Crippen LogP contribution in [-0.4, -0.2) is 15.3 Å². The minimum atomic E-state index is -0.400. The van der Waals surface area contributed by atoms with E-state index in [-0.39, 0.29) is 0 Å². The summed E-state index contributed by atoms with van der Waals surface area (Å²) in [5.41, 5.74) is 7.97. The van der Waals surface area contributed by atoms with Crippen LogP contribution in [0, 0.1) is 0 Å². The van der Waals surface area contributed by atoms with Crippen LogP contribution < -0.4 is 5.73 Å². The number of aromatic nitrogens is 2. The Labute approximate surface area is 120 Å². The summed E-state index contributed by atoms with van der Waals surface area (Å²) < 4.78 is 2.06. The molecule has 2 aromatic heterocycles. The number of hydrogen-bond donors (Lipinski definition) is 1. The molecule has 2 heterocycles. The van der Waals surface area contributed by atoms with Crippen molar-refractivity contribution in [2.45, 2.75) is 10.9 Å². The van der Waals surface area contributed by atoms with Gasteiger partial charge in [0.1, 0.15) is 0 Å². The molecule has 0 atom stereocenters. The van der Waals surface area contributed by atoms with Crippen LogP contribution in [0.4, 0.5) is 0 Å². The number of nitrogens with two attached hydrogens (primary N) is 1. The monoisotopic (exact) mass is 283 g/mol. The zero-order valence-electron chi connectivity index (χ0n) is 10.7. The molecule has 0 bridgehead atoms. The molecule has 0 aliphatic heterocycles. The molecule has 1 aromatic carbocycles. The van der Waals surface area contributed by atoms with Gasteiger partial charge in [-0.25, -0.2) is 4.98 Å². The highest BCUT2D eigenvalue weighted by molar-refractivity contribution is 7.98. The third-order valence-electron chi connectivity index (χ3n) is 3.01. The van der Waals surface area contributed by atoms with Gasteiger partial charge in [-0.3, -0.25) is 9.20 Å². The molecule has 0 radical (unpaired) electrons. The predicted octanol–water partition coefficient (Wildman–Crippen LogP) is 2.73. The van der Waals surface area contributed by atoms with Gasteiger partial charge in [0.05, 0.1) is 11.7 Å². The number of benzene rings is 1. The Morgan fingerprint density at radius 1 is 1.20 bits per heavy atom. The van der Waals surface area contributed by atoms with Crippen LogP contribution in [0.2, 0.25) is 0 Å². The molecule has 0 aliphatic carbocycles. The molecule has 3 rings (SSSR count). The van der Waals surface area contributed by atoms with E-state index in [0.29, 0.717) is 5.56 Å². The summed E-state index contributed by atoms with van der Waals surface area (Å²) in [6.45, 7) is 0. The second kappa shape index (κ2) is 5.38. The first-order valence-electron chi connectivity index (χ1n) is 6.18. The fourth-order valence-electron chi connectivity index (χ4n) is 1.94. The van der Waals surface area contributed by atoms with Gasteiger partial charge in [-0.05, 0) is 29.8 Å². The predicted molar refractivity (Wildman–Crippen MR) is 79.7 cm³/mol. The quantitative estimate of drug-likeness (QED) is 0.749. The minimum Gasteiger partial charge on any atom is -0.366 e. The third kappa shape index (κ3) is 2.53. The molecule has 0 fully saturated rings. The Balaban J connectivity index is 1.74. The fraction of sp³-hybridized carbons (Fsp3) is 0.0667. The average molecular weight is 283 g/mol. The molecular weight excluding hydrogens is 270 g/mol. The molecule has 0 unspecified atom stereocenters. The second-order valence-electron chi connectivity index (χ2n) is 4.39. The number of carbonyl (C=O) groups excluding carboxylic acids is 1. The maximum Gasteiger partial charge on any atom is 0.248 e. The van der Waals surface area contributed by atoms with E-state index in [4.69, 9.17) is 5.73 Å². The van der Waals surface area contributed by atoms with Gasteiger partial charge >= 0.3 is 0 Å². The van der Waals surface area contributed by atoms with Gasteiger partial charge in [0.2, 0.25) is 5.91 Å². The number of amides is 1. The van der Waals surface area contributed by atoms with Crippen LogP contribution >= 0.6 is 11.8 Å². The zero-order chi connectivity index (χ0) is 13.9. The number of carbonyl (C=O) groups is 1. The summed E-state index contributed by atoms with van der Waals surface area (Å²) in [6.07, 6.45) is 3.86. The van der Waals surface area contributed by atoms with Gasteiger partial charge in [-0.1, -0.05) is 30.0 Å². The lowest BCUT2D eigenvalue weighted by molar-refractivity contribution is 0.100. The van der Waals surface area contributed by atoms with Crippen LogP contribution in [-0.2, 0) is 5.75 Å². The number of imidazole rings is 1. The normalized spacial score (nSPS) is 10.8. The highest BCUT2D eigenvalue weighted by atomic mass is 32.2. The van der Waals surface area contributed by atoms with Crippen molar-refractivity contribution in [1.29, 1.82) is 0 Å². The number of nitrogens with zero attached hydrogens (tertiary/aromatic N) is 2. The Hall–Kier alpha value is -2.27. The van der Waals surface area contributed by atoms with Crippen molar-refractivity contribution in [2.24, 2.45) is 5.73 Å². The van der Waals surface area contributed by atoms with Crippen molar-refractivity contribution < 1.29 is 4.79 Å². The van der Waals surface area contributed by atoms with Gasteiger partial charge in [-0.2, -0.15) is 0 Å². The van der Waals surface area contributed by atoms with E-state index in [9.17, 15) is 4.79 Å². The maximum absolute atomic E-state index is 11.0. The second-order valence-corrected chi connectivity index (χ2v) is 5.33. The standard InChI is InChI=1S/C15H13N3OS/c16-14(19)12-6-4-11(5-7-12)10-20-15-17-9-13-3-1-2-8-18(13)15/h1-9H,10H2,(H2,16,19). The summed E-state index contributed by atoms with van der Waals surface area (Å²) in [4.78, 5) is 15.4. The number of hydrogen-bond acceptors (Lipinski definition) is 3. The van der Waals surface area contributed by atoms with E-state index in [0.717, 1.165) is 22.0 Å². The highest BCUT2D eigenvalue weighted by Crippen LogP contribution is 2.22. The largest absolute Gasteiger partial charge is 0.366 e. The lowest BCUT2D eigenvalue weighted by Gasteiger charge is -2.02. The van der Waals surface area contributed by atoms with Crippen LogP contribution in [0.1, 0.15) is 15.9 Å². The number of fused-ring (bicyclic) bond motifs is 1. The first-order chi connectivity index (χ1) is 9.74. The molecule has 1 amide bonds. The maximum atomic E-state index is 11.0. The molecule has 0 saturated heterocycles. The van der Waals surface area contributed by atoms with Gasteiger partial charge in [0.15, 0.2) is 5.16 Å². The number of primary amides is 1. The van der Waals surface area contributed by atoms with E-state index >= 15 is 0 Å². The van der Waals surface area contributed by atoms with Crippen LogP contribution in [0.3, 0.4) is 0 Å². The fourth-order valence-corrected chi connectivity index (χ4v) is 2.86. The third-order valence-corrected chi connectivity index (χ3v) is 4.05. The molecule has 3 aromatic rings. The summed E-state index contributed by atoms with van der Waals surface area (Å²) >= 11 is 1.66. The van der Waals surface area contributed by atoms with Crippen LogP contribution in [0.5, 0.6) is 0 Å². The summed E-state index contributed by atoms with van der Waals surface area (Å²) in [7, 11) is 0. The molecule has 5 heteroatoms. The van der Waals surface area contributed by atoms with Crippen molar-refractivity contribution in [3.8, 4) is 0 Å². The van der Waals surface area contributed by atoms with E-state index < -0.39 is 5.91 Å². The first-order valence-corrected chi connectivity index (χ1v) is 7.16.